The number of hydrogen-bond donors (Lipinski definition) is 0. The van der Waals surface area contributed by atoms with Gasteiger partial charge in [-0.3, -0.25) is 20.2 Å². The van der Waals surface area contributed by atoms with E-state index in [1.165, 1.54) is 12.1 Å². The Morgan fingerprint density at radius 1 is 1.10 bits per heavy atom. The molecule has 2 atom stereocenters. The van der Waals surface area contributed by atoms with Gasteiger partial charge in [0, 0.05) is 19.2 Å². The van der Waals surface area contributed by atoms with E-state index in [2.05, 4.69) is 13.8 Å². The van der Waals surface area contributed by atoms with Gasteiger partial charge in [-0.05, 0) is 24.3 Å². The van der Waals surface area contributed by atoms with Gasteiger partial charge in [-0.25, -0.2) is 0 Å². The lowest BCUT2D eigenvalue weighted by molar-refractivity contribution is -0.393. The van der Waals surface area contributed by atoms with Crippen molar-refractivity contribution in [2.75, 3.05) is 18.0 Å². The van der Waals surface area contributed by atoms with Gasteiger partial charge in [0.2, 0.25) is 0 Å². The molecule has 0 aliphatic carbocycles. The summed E-state index contributed by atoms with van der Waals surface area (Å²) < 4.78 is 0. The Hall–Kier alpha value is -2.18. The molecule has 1 heterocycles. The van der Waals surface area contributed by atoms with Crippen LogP contribution in [0.5, 0.6) is 0 Å². The minimum atomic E-state index is -0.613. The highest BCUT2D eigenvalue weighted by atomic mass is 16.6. The lowest BCUT2D eigenvalue weighted by atomic mass is 9.91. The molecular formula is C13H17N3O4. The number of anilines is 1. The highest BCUT2D eigenvalue weighted by Crippen LogP contribution is 2.35. The predicted molar refractivity (Wildman–Crippen MR) is 74.9 cm³/mol. The summed E-state index contributed by atoms with van der Waals surface area (Å²) in [6, 6.07) is 3.85. The molecule has 0 radical (unpaired) electrons. The molecule has 0 aromatic heterocycles. The molecule has 7 heteroatoms. The van der Waals surface area contributed by atoms with E-state index in [0.29, 0.717) is 17.5 Å². The van der Waals surface area contributed by atoms with E-state index < -0.39 is 9.85 Å². The number of non-ortho nitro benzene ring substituents is 1. The Bertz CT molecular complexity index is 536. The first kappa shape index (κ1) is 14.2. The zero-order valence-electron chi connectivity index (χ0n) is 11.5. The van der Waals surface area contributed by atoms with Gasteiger partial charge >= 0.3 is 0 Å². The van der Waals surface area contributed by atoms with Crippen LogP contribution in [0.3, 0.4) is 0 Å². The standard InChI is InChI=1S/C13H17N3O4/c1-9-5-10(2)8-14(7-9)12-4-3-11(15(17)18)6-13(12)16(19)20/h3-4,6,9-10H,5,7-8H2,1-2H3. The van der Waals surface area contributed by atoms with Crippen molar-refractivity contribution in [2.45, 2.75) is 20.3 Å². The first-order valence-electron chi connectivity index (χ1n) is 6.56. The Balaban J connectivity index is 2.40. The van der Waals surface area contributed by atoms with Crippen LogP contribution in [0.4, 0.5) is 17.1 Å². The number of nitro groups is 2. The topological polar surface area (TPSA) is 89.5 Å². The van der Waals surface area contributed by atoms with Crippen molar-refractivity contribution >= 4 is 17.1 Å². The maximum Gasteiger partial charge on any atom is 0.299 e. The molecule has 1 aliphatic heterocycles. The van der Waals surface area contributed by atoms with Gasteiger partial charge in [-0.1, -0.05) is 13.8 Å². The number of hydrogen-bond acceptors (Lipinski definition) is 5. The molecule has 0 amide bonds. The molecule has 0 bridgehead atoms. The lowest BCUT2D eigenvalue weighted by Crippen LogP contribution is -2.39. The normalized spacial score (nSPS) is 22.6. The molecule has 1 fully saturated rings. The van der Waals surface area contributed by atoms with Crippen LogP contribution >= 0.6 is 0 Å². The monoisotopic (exact) mass is 279 g/mol. The third kappa shape index (κ3) is 2.87. The molecule has 0 saturated carbocycles. The molecule has 2 rings (SSSR count). The summed E-state index contributed by atoms with van der Waals surface area (Å²) >= 11 is 0. The number of nitro benzene ring substituents is 2. The van der Waals surface area contributed by atoms with Gasteiger partial charge in [0.1, 0.15) is 5.69 Å². The number of rotatable bonds is 3. The van der Waals surface area contributed by atoms with Crippen LogP contribution in [-0.2, 0) is 0 Å². The van der Waals surface area contributed by atoms with Crippen molar-refractivity contribution in [3.63, 3.8) is 0 Å². The maximum absolute atomic E-state index is 11.2. The van der Waals surface area contributed by atoms with Crippen LogP contribution in [0.15, 0.2) is 18.2 Å². The SMILES string of the molecule is CC1CC(C)CN(c2ccc([N+](=O)[O-])cc2[N+](=O)[O-])C1. The second kappa shape index (κ2) is 5.44. The number of benzene rings is 1. The maximum atomic E-state index is 11.2. The van der Waals surface area contributed by atoms with Crippen LogP contribution in [0.2, 0.25) is 0 Å². The zero-order chi connectivity index (χ0) is 14.9. The largest absolute Gasteiger partial charge is 0.365 e. The molecule has 2 unspecified atom stereocenters. The molecular weight excluding hydrogens is 262 g/mol. The minimum Gasteiger partial charge on any atom is -0.365 e. The summed E-state index contributed by atoms with van der Waals surface area (Å²) in [6.45, 7) is 5.70. The fourth-order valence-corrected chi connectivity index (χ4v) is 2.90. The lowest BCUT2D eigenvalue weighted by Gasteiger charge is -2.36. The first-order valence-corrected chi connectivity index (χ1v) is 6.56. The molecule has 20 heavy (non-hydrogen) atoms. The number of nitrogens with zero attached hydrogens (tertiary/aromatic N) is 3. The van der Waals surface area contributed by atoms with Gasteiger partial charge in [0.05, 0.1) is 15.9 Å². The highest BCUT2D eigenvalue weighted by Gasteiger charge is 2.28. The van der Waals surface area contributed by atoms with Crippen molar-refractivity contribution in [3.05, 3.63) is 38.4 Å². The summed E-state index contributed by atoms with van der Waals surface area (Å²) in [5.41, 5.74) is 0.0260. The van der Waals surface area contributed by atoms with Crippen molar-refractivity contribution in [1.82, 2.24) is 0 Å². The fourth-order valence-electron chi connectivity index (χ4n) is 2.90. The molecule has 1 saturated heterocycles. The van der Waals surface area contributed by atoms with Gasteiger partial charge in [-0.15, -0.1) is 0 Å². The van der Waals surface area contributed by atoms with Gasteiger partial charge in [-0.2, -0.15) is 0 Å². The van der Waals surface area contributed by atoms with E-state index in [4.69, 9.17) is 0 Å². The summed E-state index contributed by atoms with van der Waals surface area (Å²) in [5, 5.41) is 21.9. The summed E-state index contributed by atoms with van der Waals surface area (Å²) in [4.78, 5) is 22.7. The molecule has 1 aliphatic rings. The predicted octanol–water partition coefficient (Wildman–Crippen LogP) is 2.99. The van der Waals surface area contributed by atoms with Crippen molar-refractivity contribution in [3.8, 4) is 0 Å². The van der Waals surface area contributed by atoms with Crippen molar-refractivity contribution < 1.29 is 9.85 Å². The fraction of sp³-hybridized carbons (Fsp3) is 0.538. The second-order valence-electron chi connectivity index (χ2n) is 5.54. The van der Waals surface area contributed by atoms with Crippen LogP contribution in [0.1, 0.15) is 20.3 Å². The first-order chi connectivity index (χ1) is 9.38. The van der Waals surface area contributed by atoms with E-state index >= 15 is 0 Å². The molecule has 1 aromatic rings. The molecule has 7 nitrogen and oxygen atoms in total. The van der Waals surface area contributed by atoms with Gasteiger partial charge in [0.15, 0.2) is 0 Å². The smallest absolute Gasteiger partial charge is 0.299 e. The van der Waals surface area contributed by atoms with Crippen LogP contribution < -0.4 is 4.90 Å². The van der Waals surface area contributed by atoms with E-state index in [0.717, 1.165) is 25.6 Å². The quantitative estimate of drug-likeness (QED) is 0.626. The van der Waals surface area contributed by atoms with E-state index in [1.54, 1.807) is 0 Å². The Morgan fingerprint density at radius 2 is 1.70 bits per heavy atom. The average molecular weight is 279 g/mol. The molecule has 108 valence electrons. The average Bonchev–Trinajstić information content (AvgIpc) is 2.36. The molecule has 0 N–H and O–H groups in total. The molecule has 1 aromatic carbocycles. The highest BCUT2D eigenvalue weighted by molar-refractivity contribution is 5.67. The summed E-state index contributed by atoms with van der Waals surface area (Å²) in [5.74, 6) is 0.905. The van der Waals surface area contributed by atoms with Crippen LogP contribution in [-0.4, -0.2) is 22.9 Å². The van der Waals surface area contributed by atoms with Crippen LogP contribution in [0, 0.1) is 32.1 Å². The van der Waals surface area contributed by atoms with Gasteiger partial charge < -0.3 is 4.90 Å². The Labute approximate surface area is 116 Å². The number of piperidine rings is 1. The van der Waals surface area contributed by atoms with Gasteiger partial charge in [0.25, 0.3) is 11.4 Å². The van der Waals surface area contributed by atoms with E-state index in [9.17, 15) is 20.2 Å². The minimum absolute atomic E-state index is 0.194. The third-order valence-corrected chi connectivity index (χ3v) is 3.58. The van der Waals surface area contributed by atoms with Crippen LogP contribution in [0.25, 0.3) is 0 Å². The van der Waals surface area contributed by atoms with E-state index in [-0.39, 0.29) is 11.4 Å². The van der Waals surface area contributed by atoms with Crippen molar-refractivity contribution in [1.29, 1.82) is 0 Å². The van der Waals surface area contributed by atoms with E-state index in [1.807, 2.05) is 4.90 Å². The summed E-state index contributed by atoms with van der Waals surface area (Å²) in [7, 11) is 0. The third-order valence-electron chi connectivity index (χ3n) is 3.58. The van der Waals surface area contributed by atoms with Crippen molar-refractivity contribution in [2.24, 2.45) is 11.8 Å². The zero-order valence-corrected chi connectivity index (χ0v) is 11.5. The Kier molecular flexibility index (Phi) is 3.87. The second-order valence-corrected chi connectivity index (χ2v) is 5.54. The summed E-state index contributed by atoms with van der Waals surface area (Å²) in [6.07, 6.45) is 1.09. The Morgan fingerprint density at radius 3 is 2.20 bits per heavy atom. The molecule has 0 spiro atoms.